The first kappa shape index (κ1) is 21.9. The number of benzene rings is 2. The zero-order chi connectivity index (χ0) is 20.7. The van der Waals surface area contributed by atoms with Crippen LogP contribution < -0.4 is 9.47 Å². The molecule has 152 valence electrons. The largest absolute Gasteiger partial charge is 0.496 e. The van der Waals surface area contributed by atoms with Crippen molar-refractivity contribution in [3.8, 4) is 11.5 Å². The van der Waals surface area contributed by atoms with E-state index < -0.39 is 10.5 Å². The molecule has 28 heavy (non-hydrogen) atoms. The van der Waals surface area contributed by atoms with E-state index in [9.17, 15) is 10.1 Å². The molecule has 0 bridgehead atoms. The Kier molecular flexibility index (Phi) is 7.62. The van der Waals surface area contributed by atoms with E-state index in [1.54, 1.807) is 18.2 Å². The molecule has 2 aromatic carbocycles. The van der Waals surface area contributed by atoms with E-state index in [-0.39, 0.29) is 12.3 Å². The maximum absolute atomic E-state index is 11.0. The molecule has 0 saturated heterocycles. The van der Waals surface area contributed by atoms with Crippen molar-refractivity contribution in [3.63, 3.8) is 0 Å². The van der Waals surface area contributed by atoms with Gasteiger partial charge in [-0.15, -0.1) is 0 Å². The van der Waals surface area contributed by atoms with Crippen molar-refractivity contribution < 1.29 is 19.1 Å². The maximum atomic E-state index is 11.0. The number of nitrogens with zero attached hydrogens (tertiary/aromatic N) is 2. The Balaban J connectivity index is 2.01. The predicted molar refractivity (Wildman–Crippen MR) is 108 cm³/mol. The van der Waals surface area contributed by atoms with Crippen LogP contribution in [0.15, 0.2) is 42.5 Å². The fourth-order valence-electron chi connectivity index (χ4n) is 2.44. The first-order chi connectivity index (χ1) is 13.2. The van der Waals surface area contributed by atoms with Gasteiger partial charge in [0.15, 0.2) is 0 Å². The Morgan fingerprint density at radius 1 is 1.14 bits per heavy atom. The van der Waals surface area contributed by atoms with Gasteiger partial charge in [-0.25, -0.2) is 0 Å². The van der Waals surface area contributed by atoms with Crippen LogP contribution in [0.4, 0.5) is 5.69 Å². The Morgan fingerprint density at radius 3 is 2.39 bits per heavy atom. The summed E-state index contributed by atoms with van der Waals surface area (Å²) in [6, 6.07) is 11.6. The van der Waals surface area contributed by atoms with Crippen LogP contribution in [0.5, 0.6) is 11.5 Å². The van der Waals surface area contributed by atoms with E-state index in [4.69, 9.17) is 25.8 Å². The van der Waals surface area contributed by atoms with Crippen molar-refractivity contribution in [2.75, 3.05) is 34.4 Å². The van der Waals surface area contributed by atoms with Crippen LogP contribution in [0.3, 0.4) is 0 Å². The minimum atomic E-state index is -0.438. The summed E-state index contributed by atoms with van der Waals surface area (Å²) in [5.74, 6) is 1.27. The minimum absolute atomic E-state index is 0.000781. The summed E-state index contributed by atoms with van der Waals surface area (Å²) in [7, 11) is 5.42. The van der Waals surface area contributed by atoms with Crippen LogP contribution in [-0.4, -0.2) is 49.8 Å². The zero-order valence-electron chi connectivity index (χ0n) is 16.5. The summed E-state index contributed by atoms with van der Waals surface area (Å²) in [6.07, 6.45) is 0. The van der Waals surface area contributed by atoms with Gasteiger partial charge in [-0.05, 0) is 51.4 Å². The summed E-state index contributed by atoms with van der Waals surface area (Å²) in [4.78, 5) is 12.6. The third-order valence-electron chi connectivity index (χ3n) is 4.59. The van der Waals surface area contributed by atoms with E-state index in [0.29, 0.717) is 29.5 Å². The van der Waals surface area contributed by atoms with Gasteiger partial charge >= 0.3 is 0 Å². The average Bonchev–Trinajstić information content (AvgIpc) is 2.67. The molecule has 0 amide bonds. The van der Waals surface area contributed by atoms with E-state index in [0.717, 1.165) is 5.75 Å². The predicted octanol–water partition coefficient (Wildman–Crippen LogP) is 4.17. The Morgan fingerprint density at radius 2 is 1.82 bits per heavy atom. The van der Waals surface area contributed by atoms with Crippen LogP contribution in [0.1, 0.15) is 12.5 Å². The average molecular weight is 409 g/mol. The van der Waals surface area contributed by atoms with Gasteiger partial charge in [-0.1, -0.05) is 11.6 Å². The van der Waals surface area contributed by atoms with Crippen molar-refractivity contribution in [2.45, 2.75) is 19.1 Å². The van der Waals surface area contributed by atoms with Crippen molar-refractivity contribution in [1.82, 2.24) is 4.90 Å². The fourth-order valence-corrected chi connectivity index (χ4v) is 2.57. The minimum Gasteiger partial charge on any atom is -0.496 e. The molecule has 0 fully saturated rings. The molecule has 0 aromatic heterocycles. The molecule has 0 spiro atoms. The molecule has 0 aliphatic carbocycles. The molecule has 0 aliphatic heterocycles. The van der Waals surface area contributed by atoms with Gasteiger partial charge in [0, 0.05) is 22.7 Å². The zero-order valence-corrected chi connectivity index (χ0v) is 17.2. The lowest BCUT2D eigenvalue weighted by Gasteiger charge is -2.36. The van der Waals surface area contributed by atoms with Crippen LogP contribution in [0.25, 0.3) is 0 Å². The number of rotatable bonds is 10. The highest BCUT2D eigenvalue weighted by Gasteiger charge is 2.29. The van der Waals surface area contributed by atoms with E-state index in [2.05, 4.69) is 0 Å². The van der Waals surface area contributed by atoms with Gasteiger partial charge in [-0.3, -0.25) is 15.0 Å². The number of hydrogen-bond donors (Lipinski definition) is 0. The molecular formula is C20H25ClN2O5. The van der Waals surface area contributed by atoms with Gasteiger partial charge < -0.3 is 14.2 Å². The summed E-state index contributed by atoms with van der Waals surface area (Å²) in [6.45, 7) is 2.97. The third-order valence-corrected chi connectivity index (χ3v) is 4.84. The number of halogens is 1. The maximum Gasteiger partial charge on any atom is 0.270 e. The number of nitro benzene ring substituents is 1. The highest BCUT2D eigenvalue weighted by molar-refractivity contribution is 6.30. The first-order valence-electron chi connectivity index (χ1n) is 8.70. The van der Waals surface area contributed by atoms with Gasteiger partial charge in [0.1, 0.15) is 18.1 Å². The number of non-ortho nitro benzene ring substituents is 1. The fraction of sp³-hybridized carbons (Fsp3) is 0.400. The molecule has 0 N–H and O–H groups in total. The van der Waals surface area contributed by atoms with E-state index >= 15 is 0 Å². The number of ether oxygens (including phenoxy) is 3. The quantitative estimate of drug-likeness (QED) is 0.434. The Hall–Kier alpha value is -2.35. The number of hydrogen-bond acceptors (Lipinski definition) is 6. The van der Waals surface area contributed by atoms with E-state index in [1.807, 2.05) is 38.1 Å². The Labute approximate surface area is 169 Å². The monoisotopic (exact) mass is 408 g/mol. The normalized spacial score (nSPS) is 13.2. The lowest BCUT2D eigenvalue weighted by molar-refractivity contribution is -0.385. The molecule has 0 saturated carbocycles. The van der Waals surface area contributed by atoms with Crippen molar-refractivity contribution in [2.24, 2.45) is 0 Å². The second kappa shape index (κ2) is 9.73. The molecule has 7 nitrogen and oxygen atoms in total. The standard InChI is InChI=1S/C20H25ClN2O5/c1-20(22(2)3,14-28-18-8-5-16(21)6-9-18)13-27-12-15-11-17(23(24)25)7-10-19(15)26-4/h5-11H,12-14H2,1-4H3. The van der Waals surface area contributed by atoms with Crippen molar-refractivity contribution in [1.29, 1.82) is 0 Å². The van der Waals surface area contributed by atoms with Crippen LogP contribution in [0, 0.1) is 10.1 Å². The van der Waals surface area contributed by atoms with Crippen LogP contribution in [-0.2, 0) is 11.3 Å². The van der Waals surface area contributed by atoms with Crippen LogP contribution in [0.2, 0.25) is 5.02 Å². The molecule has 0 heterocycles. The van der Waals surface area contributed by atoms with Crippen molar-refractivity contribution in [3.05, 3.63) is 63.2 Å². The number of nitro groups is 1. The summed E-state index contributed by atoms with van der Waals surface area (Å²) >= 11 is 5.90. The third kappa shape index (κ3) is 5.82. The molecule has 1 atom stereocenters. The second-order valence-electron chi connectivity index (χ2n) is 6.88. The SMILES string of the molecule is COc1ccc([N+](=O)[O-])cc1COCC(C)(COc1ccc(Cl)cc1)N(C)C. The molecule has 2 rings (SSSR count). The topological polar surface area (TPSA) is 74.1 Å². The lowest BCUT2D eigenvalue weighted by atomic mass is 10.0. The summed E-state index contributed by atoms with van der Waals surface area (Å²) in [5.41, 5.74) is 0.213. The number of likely N-dealkylation sites (N-methyl/N-ethyl adjacent to an activating group) is 1. The molecule has 8 heteroatoms. The molecule has 1 unspecified atom stereocenters. The van der Waals surface area contributed by atoms with Crippen molar-refractivity contribution >= 4 is 17.3 Å². The highest BCUT2D eigenvalue weighted by atomic mass is 35.5. The van der Waals surface area contributed by atoms with Gasteiger partial charge in [0.2, 0.25) is 0 Å². The Bertz CT molecular complexity index is 798. The molecular weight excluding hydrogens is 384 g/mol. The highest BCUT2D eigenvalue weighted by Crippen LogP contribution is 2.25. The molecule has 0 radical (unpaired) electrons. The van der Waals surface area contributed by atoms with Gasteiger partial charge in [-0.2, -0.15) is 0 Å². The second-order valence-corrected chi connectivity index (χ2v) is 7.32. The lowest BCUT2D eigenvalue weighted by Crippen LogP contribution is -2.50. The number of methoxy groups -OCH3 is 1. The smallest absolute Gasteiger partial charge is 0.270 e. The molecule has 0 aliphatic rings. The van der Waals surface area contributed by atoms with Gasteiger partial charge in [0.25, 0.3) is 5.69 Å². The molecule has 2 aromatic rings. The van der Waals surface area contributed by atoms with Crippen LogP contribution >= 0.6 is 11.6 Å². The summed E-state index contributed by atoms with van der Waals surface area (Å²) in [5, 5.41) is 11.7. The van der Waals surface area contributed by atoms with E-state index in [1.165, 1.54) is 19.2 Å². The van der Waals surface area contributed by atoms with Gasteiger partial charge in [0.05, 0.1) is 30.8 Å². The summed E-state index contributed by atoms with van der Waals surface area (Å²) < 4.78 is 17.1. The first-order valence-corrected chi connectivity index (χ1v) is 9.08.